The van der Waals surface area contributed by atoms with Crippen LogP contribution in [-0.4, -0.2) is 10.3 Å². The molecule has 3 rings (SSSR count). The highest BCUT2D eigenvalue weighted by Gasteiger charge is 2.53. The molecule has 2 saturated carbocycles. The molecule has 1 aromatic heterocycles. The number of alkyl halides is 1. The quantitative estimate of drug-likeness (QED) is 0.767. The highest BCUT2D eigenvalue weighted by Crippen LogP contribution is 2.61. The second kappa shape index (κ2) is 3.31. The van der Waals surface area contributed by atoms with Crippen LogP contribution in [0.3, 0.4) is 0 Å². The van der Waals surface area contributed by atoms with Crippen LogP contribution in [0.4, 0.5) is 0 Å². The molecule has 0 bridgehead atoms. The van der Waals surface area contributed by atoms with E-state index in [9.17, 15) is 0 Å². The van der Waals surface area contributed by atoms with E-state index in [-0.39, 0.29) is 0 Å². The molecule has 76 valence electrons. The summed E-state index contributed by atoms with van der Waals surface area (Å²) in [5.74, 6) is 2.13. The van der Waals surface area contributed by atoms with Gasteiger partial charge in [-0.3, -0.25) is 0 Å². The van der Waals surface area contributed by atoms with Gasteiger partial charge in [-0.2, -0.15) is 0 Å². The van der Waals surface area contributed by atoms with Crippen molar-refractivity contribution < 1.29 is 0 Å². The van der Waals surface area contributed by atoms with Crippen LogP contribution in [-0.2, 0) is 6.42 Å². The van der Waals surface area contributed by atoms with Crippen molar-refractivity contribution in [2.24, 2.45) is 17.3 Å². The second-order valence-corrected chi connectivity index (χ2v) is 6.44. The van der Waals surface area contributed by atoms with Crippen LogP contribution in [0.1, 0.15) is 24.3 Å². The molecular weight excluding hydrogens is 258 g/mol. The fourth-order valence-corrected chi connectivity index (χ4v) is 4.41. The Morgan fingerprint density at radius 3 is 2.86 bits per heavy atom. The van der Waals surface area contributed by atoms with Crippen molar-refractivity contribution >= 4 is 27.3 Å². The van der Waals surface area contributed by atoms with Crippen molar-refractivity contribution in [3.63, 3.8) is 0 Å². The Morgan fingerprint density at radius 1 is 1.50 bits per heavy atom. The lowest BCUT2D eigenvalue weighted by molar-refractivity contribution is 0.308. The number of halogens is 1. The summed E-state index contributed by atoms with van der Waals surface area (Å²) in [5, 5.41) is 4.57. The molecule has 0 radical (unpaired) electrons. The fraction of sp³-hybridized carbons (Fsp3) is 0.727. The van der Waals surface area contributed by atoms with Crippen LogP contribution in [0.2, 0.25) is 0 Å². The molecule has 1 aromatic rings. The largest absolute Gasteiger partial charge is 0.250 e. The summed E-state index contributed by atoms with van der Waals surface area (Å²) in [6, 6.07) is 0. The van der Waals surface area contributed by atoms with Crippen LogP contribution < -0.4 is 0 Å². The van der Waals surface area contributed by atoms with Gasteiger partial charge in [0.15, 0.2) is 0 Å². The van der Waals surface area contributed by atoms with Gasteiger partial charge >= 0.3 is 0 Å². The Balaban J connectivity index is 1.75. The number of thiazole rings is 1. The molecule has 0 saturated heterocycles. The van der Waals surface area contributed by atoms with Gasteiger partial charge in [0.05, 0.1) is 5.01 Å². The summed E-state index contributed by atoms with van der Waals surface area (Å²) in [6.07, 6.45) is 7.50. The molecule has 1 nitrogen and oxygen atoms in total. The molecule has 2 fully saturated rings. The third kappa shape index (κ3) is 1.54. The molecule has 0 spiro atoms. The topological polar surface area (TPSA) is 12.9 Å². The Morgan fingerprint density at radius 2 is 2.29 bits per heavy atom. The monoisotopic (exact) mass is 271 g/mol. The predicted molar refractivity (Wildman–Crippen MR) is 62.9 cm³/mol. The lowest BCUT2D eigenvalue weighted by Crippen LogP contribution is -2.23. The highest BCUT2D eigenvalue weighted by atomic mass is 79.9. The van der Waals surface area contributed by atoms with Crippen LogP contribution in [0.25, 0.3) is 0 Å². The zero-order chi connectivity index (χ0) is 9.60. The van der Waals surface area contributed by atoms with E-state index in [0.717, 1.165) is 17.2 Å². The average molecular weight is 272 g/mol. The number of rotatable bonds is 3. The molecular formula is C11H14BrNS. The first-order valence-corrected chi connectivity index (χ1v) is 7.26. The number of hydrogen-bond donors (Lipinski definition) is 0. The van der Waals surface area contributed by atoms with E-state index in [1.807, 2.05) is 17.5 Å². The van der Waals surface area contributed by atoms with Crippen LogP contribution >= 0.6 is 27.3 Å². The molecule has 1 heterocycles. The molecule has 2 aliphatic rings. The summed E-state index contributed by atoms with van der Waals surface area (Å²) in [6.45, 7) is 0. The summed E-state index contributed by atoms with van der Waals surface area (Å²) in [7, 11) is 0. The van der Waals surface area contributed by atoms with Crippen molar-refractivity contribution in [1.82, 2.24) is 4.98 Å². The standard InChI is InChI=1S/C11H14BrNS/c12-7-11(4-8-3-9(8)5-11)6-10-13-1-2-14-10/h1-2,8-9H,3-7H2. The lowest BCUT2D eigenvalue weighted by Gasteiger charge is -2.27. The number of aromatic nitrogens is 1. The zero-order valence-corrected chi connectivity index (χ0v) is 10.5. The van der Waals surface area contributed by atoms with E-state index in [0.29, 0.717) is 5.41 Å². The smallest absolute Gasteiger partial charge is 0.0930 e. The molecule has 0 N–H and O–H groups in total. The Labute approximate surface area is 97.1 Å². The number of nitrogens with zero attached hydrogens (tertiary/aromatic N) is 1. The Bertz CT molecular complexity index is 312. The van der Waals surface area contributed by atoms with Gasteiger partial charge in [-0.15, -0.1) is 11.3 Å². The third-order valence-electron chi connectivity index (χ3n) is 3.75. The van der Waals surface area contributed by atoms with E-state index in [2.05, 4.69) is 26.3 Å². The summed E-state index contributed by atoms with van der Waals surface area (Å²) in [5.41, 5.74) is 0.547. The second-order valence-electron chi connectivity index (χ2n) is 4.90. The molecule has 0 aliphatic heterocycles. The van der Waals surface area contributed by atoms with Gasteiger partial charge in [0.1, 0.15) is 0 Å². The van der Waals surface area contributed by atoms with Crippen molar-refractivity contribution in [3.05, 3.63) is 16.6 Å². The SMILES string of the molecule is BrCC1(Cc2nccs2)CC2CC2C1. The van der Waals surface area contributed by atoms with E-state index in [1.165, 1.54) is 30.7 Å². The normalized spacial score (nSPS) is 39.8. The van der Waals surface area contributed by atoms with E-state index in [4.69, 9.17) is 0 Å². The maximum Gasteiger partial charge on any atom is 0.0930 e. The van der Waals surface area contributed by atoms with Gasteiger partial charge in [-0.1, -0.05) is 15.9 Å². The average Bonchev–Trinajstić information content (AvgIpc) is 2.68. The molecule has 0 amide bonds. The summed E-state index contributed by atoms with van der Waals surface area (Å²) < 4.78 is 0. The first kappa shape index (κ1) is 9.34. The summed E-state index contributed by atoms with van der Waals surface area (Å²) >= 11 is 5.51. The van der Waals surface area contributed by atoms with Crippen LogP contribution in [0.5, 0.6) is 0 Å². The summed E-state index contributed by atoms with van der Waals surface area (Å²) in [4.78, 5) is 4.41. The zero-order valence-electron chi connectivity index (χ0n) is 8.08. The molecule has 2 unspecified atom stereocenters. The first-order chi connectivity index (χ1) is 6.81. The Kier molecular flexibility index (Phi) is 2.21. The minimum absolute atomic E-state index is 0.547. The highest BCUT2D eigenvalue weighted by molar-refractivity contribution is 9.09. The maximum atomic E-state index is 4.41. The van der Waals surface area contributed by atoms with E-state index < -0.39 is 0 Å². The van der Waals surface area contributed by atoms with E-state index in [1.54, 1.807) is 0 Å². The lowest BCUT2D eigenvalue weighted by atomic mass is 9.82. The third-order valence-corrected chi connectivity index (χ3v) is 5.72. The van der Waals surface area contributed by atoms with Crippen molar-refractivity contribution in [2.75, 3.05) is 5.33 Å². The minimum atomic E-state index is 0.547. The van der Waals surface area contributed by atoms with Gasteiger partial charge < -0.3 is 0 Å². The Hall–Kier alpha value is 0.110. The first-order valence-electron chi connectivity index (χ1n) is 5.26. The molecule has 0 aromatic carbocycles. The van der Waals surface area contributed by atoms with Crippen LogP contribution in [0.15, 0.2) is 11.6 Å². The van der Waals surface area contributed by atoms with Gasteiger partial charge in [0.2, 0.25) is 0 Å². The van der Waals surface area contributed by atoms with Crippen molar-refractivity contribution in [1.29, 1.82) is 0 Å². The maximum absolute atomic E-state index is 4.41. The minimum Gasteiger partial charge on any atom is -0.250 e. The number of hydrogen-bond acceptors (Lipinski definition) is 2. The van der Waals surface area contributed by atoms with Crippen molar-refractivity contribution in [2.45, 2.75) is 25.7 Å². The van der Waals surface area contributed by atoms with E-state index >= 15 is 0 Å². The molecule has 2 atom stereocenters. The molecule has 2 aliphatic carbocycles. The predicted octanol–water partition coefficient (Wildman–Crippen LogP) is 3.50. The van der Waals surface area contributed by atoms with Gasteiger partial charge in [0.25, 0.3) is 0 Å². The number of fused-ring (bicyclic) bond motifs is 1. The van der Waals surface area contributed by atoms with Crippen molar-refractivity contribution in [3.8, 4) is 0 Å². The van der Waals surface area contributed by atoms with Crippen LogP contribution in [0, 0.1) is 17.3 Å². The molecule has 14 heavy (non-hydrogen) atoms. The molecule has 3 heteroatoms. The van der Waals surface area contributed by atoms with Gasteiger partial charge in [-0.25, -0.2) is 4.98 Å². The van der Waals surface area contributed by atoms with Gasteiger partial charge in [-0.05, 0) is 36.5 Å². The van der Waals surface area contributed by atoms with Gasteiger partial charge in [0, 0.05) is 23.3 Å². The fourth-order valence-electron chi connectivity index (χ4n) is 2.97.